The van der Waals surface area contributed by atoms with Crippen molar-refractivity contribution in [2.75, 3.05) is 13.7 Å². The van der Waals surface area contributed by atoms with Gasteiger partial charge in [-0.15, -0.1) is 0 Å². The van der Waals surface area contributed by atoms with Gasteiger partial charge in [-0.3, -0.25) is 4.79 Å². The molecular formula is C16H22ClNO3. The van der Waals surface area contributed by atoms with Gasteiger partial charge in [0.15, 0.2) is 0 Å². The Morgan fingerprint density at radius 2 is 2.29 bits per heavy atom. The fraction of sp³-hybridized carbons (Fsp3) is 0.562. The van der Waals surface area contributed by atoms with Gasteiger partial charge in [-0.1, -0.05) is 18.0 Å². The molecule has 1 fully saturated rings. The van der Waals surface area contributed by atoms with E-state index in [9.17, 15) is 9.90 Å². The van der Waals surface area contributed by atoms with Crippen molar-refractivity contribution in [3.05, 3.63) is 28.8 Å². The van der Waals surface area contributed by atoms with E-state index in [-0.39, 0.29) is 12.0 Å². The average Bonchev–Trinajstić information content (AvgIpc) is 2.89. The minimum absolute atomic E-state index is 0.128. The largest absolute Gasteiger partial charge is 0.495 e. The lowest BCUT2D eigenvalue weighted by atomic mass is 10.00. The summed E-state index contributed by atoms with van der Waals surface area (Å²) in [5, 5.41) is 13.1. The lowest BCUT2D eigenvalue weighted by Crippen LogP contribution is -2.25. The molecule has 0 bridgehead atoms. The number of methoxy groups -OCH3 is 1. The molecule has 4 nitrogen and oxygen atoms in total. The minimum Gasteiger partial charge on any atom is -0.495 e. The van der Waals surface area contributed by atoms with Crippen LogP contribution in [0.15, 0.2) is 18.2 Å². The zero-order valence-electron chi connectivity index (χ0n) is 12.3. The highest BCUT2D eigenvalue weighted by molar-refractivity contribution is 6.32. The molecule has 1 amide bonds. The summed E-state index contributed by atoms with van der Waals surface area (Å²) in [6, 6.07) is 4.98. The molecule has 0 unspecified atom stereocenters. The van der Waals surface area contributed by atoms with E-state index in [1.165, 1.54) is 7.11 Å². The van der Waals surface area contributed by atoms with Gasteiger partial charge in [0.25, 0.3) is 5.91 Å². The van der Waals surface area contributed by atoms with E-state index in [0.717, 1.165) is 32.1 Å². The number of ether oxygens (including phenoxy) is 1. The Hall–Kier alpha value is -1.26. The number of carbonyl (C=O) groups is 1. The van der Waals surface area contributed by atoms with Gasteiger partial charge in [0.1, 0.15) is 5.75 Å². The molecule has 0 aliphatic heterocycles. The normalized spacial score (nSPS) is 21.3. The van der Waals surface area contributed by atoms with Crippen LogP contribution < -0.4 is 10.1 Å². The third-order valence-electron chi connectivity index (χ3n) is 4.07. The number of benzene rings is 1. The number of hydrogen-bond donors (Lipinski definition) is 2. The Bertz CT molecular complexity index is 492. The lowest BCUT2D eigenvalue weighted by Gasteiger charge is -2.14. The molecule has 0 radical (unpaired) electrons. The highest BCUT2D eigenvalue weighted by Gasteiger charge is 2.24. The van der Waals surface area contributed by atoms with Gasteiger partial charge in [0, 0.05) is 12.1 Å². The summed E-state index contributed by atoms with van der Waals surface area (Å²) >= 11 is 5.93. The first kappa shape index (κ1) is 16.1. The molecule has 1 aromatic carbocycles. The summed E-state index contributed by atoms with van der Waals surface area (Å²) in [6.07, 6.45) is 4.83. The van der Waals surface area contributed by atoms with E-state index in [4.69, 9.17) is 16.3 Å². The molecule has 21 heavy (non-hydrogen) atoms. The van der Waals surface area contributed by atoms with Crippen molar-refractivity contribution in [3.63, 3.8) is 0 Å². The zero-order valence-corrected chi connectivity index (χ0v) is 13.0. The van der Waals surface area contributed by atoms with Crippen molar-refractivity contribution in [2.24, 2.45) is 5.92 Å². The van der Waals surface area contributed by atoms with Crippen molar-refractivity contribution >= 4 is 17.5 Å². The Balaban J connectivity index is 1.76. The number of aliphatic hydroxyl groups excluding tert-OH is 1. The van der Waals surface area contributed by atoms with E-state index in [1.807, 2.05) is 0 Å². The number of carbonyl (C=O) groups excluding carboxylic acids is 1. The van der Waals surface area contributed by atoms with Gasteiger partial charge >= 0.3 is 0 Å². The molecule has 2 atom stereocenters. The predicted octanol–water partition coefficient (Wildman–Crippen LogP) is 3.02. The van der Waals surface area contributed by atoms with Gasteiger partial charge < -0.3 is 15.2 Å². The molecule has 1 aromatic rings. The molecule has 2 rings (SSSR count). The molecular weight excluding hydrogens is 290 g/mol. The van der Waals surface area contributed by atoms with Crippen LogP contribution in [0, 0.1) is 5.92 Å². The first-order valence-electron chi connectivity index (χ1n) is 7.41. The third-order valence-corrected chi connectivity index (χ3v) is 4.38. The molecule has 5 heteroatoms. The second-order valence-electron chi connectivity index (χ2n) is 5.51. The molecule has 1 aliphatic rings. The van der Waals surface area contributed by atoms with Crippen LogP contribution in [-0.4, -0.2) is 30.8 Å². The van der Waals surface area contributed by atoms with Crippen LogP contribution in [0.3, 0.4) is 0 Å². The van der Waals surface area contributed by atoms with Crippen LogP contribution in [0.25, 0.3) is 0 Å². The van der Waals surface area contributed by atoms with Crippen LogP contribution in [0.4, 0.5) is 0 Å². The fourth-order valence-electron chi connectivity index (χ4n) is 2.82. The maximum atomic E-state index is 12.0. The van der Waals surface area contributed by atoms with Crippen LogP contribution in [0.1, 0.15) is 42.5 Å². The highest BCUT2D eigenvalue weighted by atomic mass is 35.5. The van der Waals surface area contributed by atoms with Gasteiger partial charge in [0.2, 0.25) is 0 Å². The fourth-order valence-corrected chi connectivity index (χ4v) is 3.02. The Labute approximate surface area is 130 Å². The summed E-state index contributed by atoms with van der Waals surface area (Å²) in [4.78, 5) is 12.0. The van der Waals surface area contributed by atoms with Crippen molar-refractivity contribution in [1.29, 1.82) is 0 Å². The van der Waals surface area contributed by atoms with Crippen LogP contribution >= 0.6 is 11.6 Å². The maximum absolute atomic E-state index is 12.0. The van der Waals surface area contributed by atoms with Crippen molar-refractivity contribution < 1.29 is 14.6 Å². The summed E-state index contributed by atoms with van der Waals surface area (Å²) in [7, 11) is 1.52. The Morgan fingerprint density at radius 3 is 2.95 bits per heavy atom. The van der Waals surface area contributed by atoms with Crippen molar-refractivity contribution in [3.8, 4) is 5.75 Å². The van der Waals surface area contributed by atoms with Gasteiger partial charge in [-0.2, -0.15) is 0 Å². The van der Waals surface area contributed by atoms with E-state index in [2.05, 4.69) is 5.32 Å². The first-order valence-corrected chi connectivity index (χ1v) is 7.79. The van der Waals surface area contributed by atoms with E-state index in [0.29, 0.717) is 28.8 Å². The Morgan fingerprint density at radius 1 is 1.48 bits per heavy atom. The molecule has 1 aliphatic carbocycles. The highest BCUT2D eigenvalue weighted by Crippen LogP contribution is 2.29. The number of nitrogens with one attached hydrogen (secondary N) is 1. The van der Waals surface area contributed by atoms with E-state index in [1.54, 1.807) is 18.2 Å². The molecule has 2 N–H and O–H groups in total. The quantitative estimate of drug-likeness (QED) is 0.794. The standard InChI is InChI=1S/C16H22ClNO3/c1-21-15-10-12(7-8-13(15)17)16(20)18-9-3-5-11-4-2-6-14(11)19/h7-8,10-11,14,19H,2-6,9H2,1H3,(H,18,20)/t11-,14+/m1/s1. The molecule has 116 valence electrons. The summed E-state index contributed by atoms with van der Waals surface area (Å²) < 4.78 is 5.10. The average molecular weight is 312 g/mol. The van der Waals surface area contributed by atoms with Crippen LogP contribution in [0.5, 0.6) is 5.75 Å². The molecule has 0 spiro atoms. The van der Waals surface area contributed by atoms with Gasteiger partial charge in [-0.05, 0) is 49.8 Å². The molecule has 1 saturated carbocycles. The summed E-state index contributed by atoms with van der Waals surface area (Å²) in [5.74, 6) is 0.771. The first-order chi connectivity index (χ1) is 10.1. The minimum atomic E-state index is -0.152. The molecule has 0 saturated heterocycles. The number of aliphatic hydroxyl groups is 1. The Kier molecular flexibility index (Phi) is 5.88. The maximum Gasteiger partial charge on any atom is 0.251 e. The number of halogens is 1. The third kappa shape index (κ3) is 4.35. The number of rotatable bonds is 6. The lowest BCUT2D eigenvalue weighted by molar-refractivity contribution is 0.0949. The molecule has 0 aromatic heterocycles. The topological polar surface area (TPSA) is 58.6 Å². The second kappa shape index (κ2) is 7.66. The van der Waals surface area contributed by atoms with Crippen LogP contribution in [-0.2, 0) is 0 Å². The van der Waals surface area contributed by atoms with E-state index >= 15 is 0 Å². The second-order valence-corrected chi connectivity index (χ2v) is 5.91. The van der Waals surface area contributed by atoms with E-state index < -0.39 is 0 Å². The van der Waals surface area contributed by atoms with Crippen molar-refractivity contribution in [2.45, 2.75) is 38.2 Å². The van der Waals surface area contributed by atoms with Crippen LogP contribution in [0.2, 0.25) is 5.02 Å². The predicted molar refractivity (Wildman–Crippen MR) is 82.9 cm³/mol. The number of amides is 1. The summed E-state index contributed by atoms with van der Waals surface area (Å²) in [5.41, 5.74) is 0.539. The van der Waals surface area contributed by atoms with Gasteiger partial charge in [-0.25, -0.2) is 0 Å². The summed E-state index contributed by atoms with van der Waals surface area (Å²) in [6.45, 7) is 0.618. The SMILES string of the molecule is COc1cc(C(=O)NCCC[C@H]2CCC[C@@H]2O)ccc1Cl. The van der Waals surface area contributed by atoms with Crippen molar-refractivity contribution in [1.82, 2.24) is 5.32 Å². The monoisotopic (exact) mass is 311 g/mol. The molecule has 0 heterocycles. The number of hydrogen-bond acceptors (Lipinski definition) is 3. The van der Waals surface area contributed by atoms with Gasteiger partial charge in [0.05, 0.1) is 18.2 Å². The zero-order chi connectivity index (χ0) is 15.2. The smallest absolute Gasteiger partial charge is 0.251 e.